The number of carbonyl (C=O) groups excluding carboxylic acids is 3. The van der Waals surface area contributed by atoms with Crippen molar-refractivity contribution in [2.24, 2.45) is 0 Å². The molecule has 0 fully saturated rings. The van der Waals surface area contributed by atoms with Gasteiger partial charge in [0.15, 0.2) is 6.10 Å². The molecule has 0 amide bonds. The van der Waals surface area contributed by atoms with E-state index >= 15 is 0 Å². The van der Waals surface area contributed by atoms with E-state index in [4.69, 9.17) is 23.3 Å². The molecule has 0 radical (unpaired) electrons. The second-order valence-electron chi connectivity index (χ2n) is 16.6. The minimum Gasteiger partial charge on any atom is -0.462 e. The smallest absolute Gasteiger partial charge is 0.462 e. The molecule has 3 atom stereocenters. The molecule has 2 N–H and O–H groups in total. The summed E-state index contributed by atoms with van der Waals surface area (Å²) in [7, 11) is -4.77. The SMILES string of the molecule is CC/C=C\C/C=C\C/C=C\C/C=C\C/C=C\CCCC(=O)OC(COC(=O)CCCC/C=C\C/C=C\C/C=C\C/C=C\CC)COP(=O)(O)OCC(CO)OC(=O)CCCCCCCCCCC. The first kappa shape index (κ1) is 64.1. The number of ether oxygens (including phenoxy) is 3. The highest BCUT2D eigenvalue weighted by Gasteiger charge is 2.28. The summed E-state index contributed by atoms with van der Waals surface area (Å²) in [5, 5.41) is 9.74. The second kappa shape index (κ2) is 49.6. The van der Waals surface area contributed by atoms with Crippen molar-refractivity contribution in [2.75, 3.05) is 26.4 Å². The summed E-state index contributed by atoms with van der Waals surface area (Å²) < 4.78 is 39.2. The number of aliphatic hydroxyl groups excluding tert-OH is 1. The quantitative estimate of drug-likeness (QED) is 0.0197. The highest BCUT2D eigenvalue weighted by molar-refractivity contribution is 7.47. The Hall–Kier alpha value is -3.86. The standard InChI is InChI=1S/C56H91O11P/c1-4-7-10-13-16-19-21-23-25-26-28-30-32-35-38-41-44-47-56(60)67-53(49-63-54(58)45-42-39-36-34-31-29-27-24-22-20-17-14-11-8-5-2)51-65-68(61,62)64-50-52(48-57)66-55(59)46-43-40-37-33-18-15-12-9-6-3/h7-8,10-11,16-17,19-20,23-25,27-28,30-31,34-35,38,52-53,57H,4-6,9,12-15,18,21-22,26,29,32-33,36-37,39-51H2,1-3H3,(H,61,62)/b10-7-,11-8-,19-16-,20-17-,25-23-,27-24-,30-28-,34-31-,38-35-. The third-order valence-electron chi connectivity index (χ3n) is 10.2. The molecule has 0 heterocycles. The summed E-state index contributed by atoms with van der Waals surface area (Å²) in [5.41, 5.74) is 0. The summed E-state index contributed by atoms with van der Waals surface area (Å²) in [6.07, 6.45) is 57.9. The maximum atomic E-state index is 12.8. The highest BCUT2D eigenvalue weighted by Crippen LogP contribution is 2.43. The van der Waals surface area contributed by atoms with Gasteiger partial charge in [-0.3, -0.25) is 23.4 Å². The molecule has 68 heavy (non-hydrogen) atoms. The number of hydrogen-bond acceptors (Lipinski definition) is 10. The molecule has 0 aliphatic carbocycles. The van der Waals surface area contributed by atoms with Crippen LogP contribution in [-0.4, -0.2) is 66.5 Å². The average molecular weight is 971 g/mol. The first-order chi connectivity index (χ1) is 33.2. The maximum absolute atomic E-state index is 12.8. The molecule has 0 aromatic heterocycles. The molecule has 0 aromatic carbocycles. The van der Waals surface area contributed by atoms with E-state index < -0.39 is 57.8 Å². The zero-order chi connectivity index (χ0) is 49.9. The Balaban J connectivity index is 4.93. The Kier molecular flexibility index (Phi) is 46.7. The Morgan fingerprint density at radius 3 is 1.24 bits per heavy atom. The Morgan fingerprint density at radius 1 is 0.426 bits per heavy atom. The van der Waals surface area contributed by atoms with E-state index in [-0.39, 0.29) is 25.9 Å². The molecule has 12 heteroatoms. The number of carbonyl (C=O) groups is 3. The van der Waals surface area contributed by atoms with Crippen LogP contribution in [0.25, 0.3) is 0 Å². The average Bonchev–Trinajstić information content (AvgIpc) is 3.32. The van der Waals surface area contributed by atoms with Crippen LogP contribution in [0.1, 0.15) is 188 Å². The van der Waals surface area contributed by atoms with Gasteiger partial charge in [-0.25, -0.2) is 4.57 Å². The molecule has 11 nitrogen and oxygen atoms in total. The minimum atomic E-state index is -4.77. The summed E-state index contributed by atoms with van der Waals surface area (Å²) in [4.78, 5) is 48.2. The van der Waals surface area contributed by atoms with E-state index in [1.807, 2.05) is 12.2 Å². The van der Waals surface area contributed by atoms with E-state index in [0.717, 1.165) is 89.9 Å². The van der Waals surface area contributed by atoms with Crippen LogP contribution in [0.3, 0.4) is 0 Å². The van der Waals surface area contributed by atoms with Crippen molar-refractivity contribution in [1.82, 2.24) is 0 Å². The summed E-state index contributed by atoms with van der Waals surface area (Å²) in [6, 6.07) is 0. The van der Waals surface area contributed by atoms with Gasteiger partial charge in [-0.15, -0.1) is 0 Å². The molecule has 0 saturated heterocycles. The molecule has 0 aromatic rings. The summed E-state index contributed by atoms with van der Waals surface area (Å²) >= 11 is 0. The van der Waals surface area contributed by atoms with Crippen LogP contribution in [0.15, 0.2) is 109 Å². The lowest BCUT2D eigenvalue weighted by molar-refractivity contribution is -0.161. The number of phosphoric ester groups is 1. The van der Waals surface area contributed by atoms with Crippen molar-refractivity contribution in [3.05, 3.63) is 109 Å². The van der Waals surface area contributed by atoms with E-state index in [2.05, 4.69) is 118 Å². The number of esters is 3. The second-order valence-corrected chi connectivity index (χ2v) is 18.0. The van der Waals surface area contributed by atoms with Gasteiger partial charge in [0.1, 0.15) is 12.7 Å². The zero-order valence-corrected chi connectivity index (χ0v) is 43.2. The van der Waals surface area contributed by atoms with Crippen molar-refractivity contribution < 1.29 is 52.2 Å². The van der Waals surface area contributed by atoms with E-state index in [0.29, 0.717) is 25.7 Å². The van der Waals surface area contributed by atoms with Gasteiger partial charge in [0.2, 0.25) is 0 Å². The first-order valence-electron chi connectivity index (χ1n) is 25.8. The molecule has 0 bridgehead atoms. The van der Waals surface area contributed by atoms with Crippen molar-refractivity contribution in [1.29, 1.82) is 0 Å². The van der Waals surface area contributed by atoms with Crippen LogP contribution < -0.4 is 0 Å². The van der Waals surface area contributed by atoms with Crippen LogP contribution in [0.4, 0.5) is 0 Å². The van der Waals surface area contributed by atoms with Crippen molar-refractivity contribution in [2.45, 2.75) is 200 Å². The molecule has 0 rings (SSSR count). The molecule has 0 aliphatic rings. The third-order valence-corrected chi connectivity index (χ3v) is 11.1. The first-order valence-corrected chi connectivity index (χ1v) is 27.3. The van der Waals surface area contributed by atoms with E-state index in [9.17, 15) is 28.9 Å². The Labute approximate surface area is 412 Å². The van der Waals surface area contributed by atoms with Gasteiger partial charge in [0.05, 0.1) is 19.8 Å². The Bertz CT molecular complexity index is 1550. The predicted molar refractivity (Wildman–Crippen MR) is 279 cm³/mol. The van der Waals surface area contributed by atoms with Crippen LogP contribution in [0.5, 0.6) is 0 Å². The van der Waals surface area contributed by atoms with Crippen LogP contribution >= 0.6 is 7.82 Å². The van der Waals surface area contributed by atoms with Crippen LogP contribution in [-0.2, 0) is 42.2 Å². The normalized spacial score (nSPS) is 14.4. The van der Waals surface area contributed by atoms with Gasteiger partial charge < -0.3 is 24.2 Å². The zero-order valence-electron chi connectivity index (χ0n) is 42.3. The number of rotatable bonds is 46. The fourth-order valence-electron chi connectivity index (χ4n) is 6.32. The highest BCUT2D eigenvalue weighted by atomic mass is 31.2. The van der Waals surface area contributed by atoms with Gasteiger partial charge >= 0.3 is 25.7 Å². The number of aliphatic hydroxyl groups is 1. The number of hydrogen-bond donors (Lipinski definition) is 2. The third kappa shape index (κ3) is 47.2. The number of allylic oxidation sites excluding steroid dienone is 18. The fourth-order valence-corrected chi connectivity index (χ4v) is 7.11. The van der Waals surface area contributed by atoms with Gasteiger partial charge in [-0.2, -0.15) is 0 Å². The molecule has 0 aliphatic heterocycles. The van der Waals surface area contributed by atoms with Crippen LogP contribution in [0, 0.1) is 0 Å². The largest absolute Gasteiger partial charge is 0.472 e. The predicted octanol–water partition coefficient (Wildman–Crippen LogP) is 14.7. The van der Waals surface area contributed by atoms with Crippen molar-refractivity contribution >= 4 is 25.7 Å². The molecular weight excluding hydrogens is 880 g/mol. The molecule has 0 spiro atoms. The molecule has 3 unspecified atom stereocenters. The van der Waals surface area contributed by atoms with E-state index in [1.54, 1.807) is 0 Å². The lowest BCUT2D eigenvalue weighted by atomic mass is 10.1. The van der Waals surface area contributed by atoms with Gasteiger partial charge in [0.25, 0.3) is 0 Å². The van der Waals surface area contributed by atoms with Gasteiger partial charge in [0, 0.05) is 19.3 Å². The van der Waals surface area contributed by atoms with Gasteiger partial charge in [-0.1, -0.05) is 182 Å². The number of unbranched alkanes of at least 4 members (excludes halogenated alkanes) is 11. The fraction of sp³-hybridized carbons (Fsp3) is 0.625. The minimum absolute atomic E-state index is 0.0753. The molecular formula is C56H91O11P. The summed E-state index contributed by atoms with van der Waals surface area (Å²) in [5.74, 6) is -1.60. The Morgan fingerprint density at radius 2 is 0.779 bits per heavy atom. The van der Waals surface area contributed by atoms with Crippen molar-refractivity contribution in [3.63, 3.8) is 0 Å². The van der Waals surface area contributed by atoms with E-state index in [1.165, 1.54) is 32.1 Å². The lowest BCUT2D eigenvalue weighted by Gasteiger charge is -2.21. The lowest BCUT2D eigenvalue weighted by Crippen LogP contribution is -2.30. The molecule has 386 valence electrons. The number of phosphoric acid groups is 1. The van der Waals surface area contributed by atoms with Gasteiger partial charge in [-0.05, 0) is 96.3 Å². The summed E-state index contributed by atoms with van der Waals surface area (Å²) in [6.45, 7) is 4.24. The maximum Gasteiger partial charge on any atom is 0.472 e. The van der Waals surface area contributed by atoms with Crippen molar-refractivity contribution in [3.8, 4) is 0 Å². The van der Waals surface area contributed by atoms with Crippen LogP contribution in [0.2, 0.25) is 0 Å². The monoisotopic (exact) mass is 971 g/mol. The topological polar surface area (TPSA) is 155 Å². The molecule has 0 saturated carbocycles.